The highest BCUT2D eigenvalue weighted by atomic mass is 79.9. The van der Waals surface area contributed by atoms with Gasteiger partial charge in [-0.25, -0.2) is 0 Å². The topological polar surface area (TPSA) is 40.5 Å². The molecule has 0 aromatic heterocycles. The minimum absolute atomic E-state index is 0.0257. The van der Waals surface area contributed by atoms with Gasteiger partial charge in [-0.3, -0.25) is 4.79 Å². The molecule has 104 valence electrons. The Labute approximate surface area is 122 Å². The number of benzene rings is 1. The number of likely N-dealkylation sites (tertiary alicyclic amines) is 1. The van der Waals surface area contributed by atoms with Crippen molar-refractivity contribution in [2.24, 2.45) is 5.92 Å². The standard InChI is InChI=1S/C15H20BrNO2/c1-2-3-11-6-8-17(9-7-11)15(19)12-4-5-13(16)14(18)10-12/h4-5,10-11,18H,2-3,6-9H2,1H3. The summed E-state index contributed by atoms with van der Waals surface area (Å²) in [5.74, 6) is 0.914. The number of amides is 1. The molecule has 0 unspecified atom stereocenters. The zero-order valence-electron chi connectivity index (χ0n) is 11.2. The summed E-state index contributed by atoms with van der Waals surface area (Å²) in [7, 11) is 0. The third-order valence-corrected chi connectivity index (χ3v) is 4.46. The Hall–Kier alpha value is -1.03. The van der Waals surface area contributed by atoms with Crippen molar-refractivity contribution in [2.75, 3.05) is 13.1 Å². The summed E-state index contributed by atoms with van der Waals surface area (Å²) in [5, 5.41) is 9.64. The molecule has 3 nitrogen and oxygen atoms in total. The van der Waals surface area contributed by atoms with Crippen molar-refractivity contribution in [3.63, 3.8) is 0 Å². The van der Waals surface area contributed by atoms with Gasteiger partial charge in [0.2, 0.25) is 0 Å². The lowest BCUT2D eigenvalue weighted by molar-refractivity contribution is 0.0686. The Morgan fingerprint density at radius 2 is 2.11 bits per heavy atom. The van der Waals surface area contributed by atoms with Crippen LogP contribution in [0.2, 0.25) is 0 Å². The number of carbonyl (C=O) groups excluding carboxylic acids is 1. The average Bonchev–Trinajstić information content (AvgIpc) is 2.42. The van der Waals surface area contributed by atoms with Crippen molar-refractivity contribution < 1.29 is 9.90 Å². The molecule has 0 spiro atoms. The number of phenols is 1. The lowest BCUT2D eigenvalue weighted by Crippen LogP contribution is -2.38. The van der Waals surface area contributed by atoms with E-state index in [4.69, 9.17) is 0 Å². The molecule has 1 aromatic rings. The fraction of sp³-hybridized carbons (Fsp3) is 0.533. The molecule has 0 atom stereocenters. The largest absolute Gasteiger partial charge is 0.507 e. The molecule has 1 aliphatic heterocycles. The van der Waals surface area contributed by atoms with Crippen LogP contribution in [0.3, 0.4) is 0 Å². The van der Waals surface area contributed by atoms with Crippen LogP contribution in [-0.4, -0.2) is 29.0 Å². The zero-order chi connectivity index (χ0) is 13.8. The van der Waals surface area contributed by atoms with E-state index in [0.717, 1.165) is 31.8 Å². The van der Waals surface area contributed by atoms with Crippen molar-refractivity contribution in [1.29, 1.82) is 0 Å². The first kappa shape index (κ1) is 14.4. The van der Waals surface area contributed by atoms with E-state index < -0.39 is 0 Å². The molecule has 1 aliphatic rings. The van der Waals surface area contributed by atoms with E-state index in [0.29, 0.717) is 10.0 Å². The summed E-state index contributed by atoms with van der Waals surface area (Å²) in [4.78, 5) is 14.2. The fourth-order valence-electron chi connectivity index (χ4n) is 2.66. The number of rotatable bonds is 3. The second-order valence-corrected chi connectivity index (χ2v) is 6.04. The fourth-order valence-corrected chi connectivity index (χ4v) is 2.91. The molecule has 2 rings (SSSR count). The third-order valence-electron chi connectivity index (χ3n) is 3.79. The van der Waals surface area contributed by atoms with E-state index in [9.17, 15) is 9.90 Å². The van der Waals surface area contributed by atoms with Crippen LogP contribution in [0.1, 0.15) is 43.0 Å². The van der Waals surface area contributed by atoms with E-state index in [1.807, 2.05) is 4.90 Å². The minimum Gasteiger partial charge on any atom is -0.507 e. The van der Waals surface area contributed by atoms with Crippen LogP contribution in [0.15, 0.2) is 22.7 Å². The van der Waals surface area contributed by atoms with Crippen molar-refractivity contribution >= 4 is 21.8 Å². The predicted octanol–water partition coefficient (Wildman–Crippen LogP) is 3.81. The van der Waals surface area contributed by atoms with Crippen molar-refractivity contribution in [3.05, 3.63) is 28.2 Å². The number of nitrogens with zero attached hydrogens (tertiary/aromatic N) is 1. The van der Waals surface area contributed by atoms with Gasteiger partial charge in [-0.15, -0.1) is 0 Å². The number of carbonyl (C=O) groups is 1. The molecule has 1 N–H and O–H groups in total. The zero-order valence-corrected chi connectivity index (χ0v) is 12.8. The average molecular weight is 326 g/mol. The van der Waals surface area contributed by atoms with Gasteiger partial charge >= 0.3 is 0 Å². The number of halogens is 1. The van der Waals surface area contributed by atoms with Crippen LogP contribution in [0.5, 0.6) is 5.75 Å². The summed E-state index contributed by atoms with van der Waals surface area (Å²) in [6.45, 7) is 3.88. The van der Waals surface area contributed by atoms with Gasteiger partial charge < -0.3 is 10.0 Å². The van der Waals surface area contributed by atoms with Gasteiger partial charge in [-0.2, -0.15) is 0 Å². The molecule has 1 aromatic carbocycles. The highest BCUT2D eigenvalue weighted by Gasteiger charge is 2.23. The quantitative estimate of drug-likeness (QED) is 0.918. The van der Waals surface area contributed by atoms with Gasteiger partial charge in [0.1, 0.15) is 5.75 Å². The maximum Gasteiger partial charge on any atom is 0.253 e. The van der Waals surface area contributed by atoms with Gasteiger partial charge in [-0.05, 0) is 52.9 Å². The van der Waals surface area contributed by atoms with E-state index in [1.165, 1.54) is 18.9 Å². The summed E-state index contributed by atoms with van der Waals surface area (Å²) in [5.41, 5.74) is 0.564. The van der Waals surface area contributed by atoms with Crippen molar-refractivity contribution in [1.82, 2.24) is 4.90 Å². The molecule has 4 heteroatoms. The number of phenolic OH excluding ortho intramolecular Hbond substituents is 1. The molecule has 0 radical (unpaired) electrons. The number of hydrogen-bond acceptors (Lipinski definition) is 2. The summed E-state index contributed by atoms with van der Waals surface area (Å²) in [6.07, 6.45) is 4.69. The highest BCUT2D eigenvalue weighted by molar-refractivity contribution is 9.10. The Bertz CT molecular complexity index is 453. The lowest BCUT2D eigenvalue weighted by atomic mass is 9.92. The van der Waals surface area contributed by atoms with E-state index in [2.05, 4.69) is 22.9 Å². The molecule has 0 saturated carbocycles. The first-order chi connectivity index (χ1) is 9.11. The highest BCUT2D eigenvalue weighted by Crippen LogP contribution is 2.27. The Morgan fingerprint density at radius 3 is 2.68 bits per heavy atom. The number of aromatic hydroxyl groups is 1. The van der Waals surface area contributed by atoms with Crippen LogP contribution < -0.4 is 0 Å². The number of piperidine rings is 1. The van der Waals surface area contributed by atoms with Crippen LogP contribution in [-0.2, 0) is 0 Å². The first-order valence-electron chi connectivity index (χ1n) is 6.89. The van der Waals surface area contributed by atoms with Gasteiger partial charge in [0.25, 0.3) is 5.91 Å². The second kappa shape index (κ2) is 6.42. The molecule has 0 aliphatic carbocycles. The third kappa shape index (κ3) is 3.50. The molecular weight excluding hydrogens is 306 g/mol. The summed E-state index contributed by atoms with van der Waals surface area (Å²) >= 11 is 3.22. The smallest absolute Gasteiger partial charge is 0.253 e. The molecule has 1 amide bonds. The van der Waals surface area contributed by atoms with E-state index in [-0.39, 0.29) is 11.7 Å². The molecule has 0 bridgehead atoms. The normalized spacial score (nSPS) is 16.6. The maximum absolute atomic E-state index is 12.3. The molecule has 1 heterocycles. The maximum atomic E-state index is 12.3. The van der Waals surface area contributed by atoms with Gasteiger partial charge in [0.15, 0.2) is 0 Å². The first-order valence-corrected chi connectivity index (χ1v) is 7.69. The van der Waals surface area contributed by atoms with Crippen LogP contribution >= 0.6 is 15.9 Å². The van der Waals surface area contributed by atoms with Gasteiger partial charge in [0.05, 0.1) is 4.47 Å². The van der Waals surface area contributed by atoms with Gasteiger partial charge in [0, 0.05) is 18.7 Å². The SMILES string of the molecule is CCCC1CCN(C(=O)c2ccc(Br)c(O)c2)CC1. The number of hydrogen-bond donors (Lipinski definition) is 1. The monoisotopic (exact) mass is 325 g/mol. The van der Waals surface area contributed by atoms with E-state index >= 15 is 0 Å². The predicted molar refractivity (Wildman–Crippen MR) is 79.3 cm³/mol. The molecular formula is C15H20BrNO2. The molecule has 1 fully saturated rings. The van der Waals surface area contributed by atoms with Crippen LogP contribution in [0, 0.1) is 5.92 Å². The molecule has 19 heavy (non-hydrogen) atoms. The van der Waals surface area contributed by atoms with Crippen molar-refractivity contribution in [2.45, 2.75) is 32.6 Å². The van der Waals surface area contributed by atoms with Crippen molar-refractivity contribution in [3.8, 4) is 5.75 Å². The van der Waals surface area contributed by atoms with E-state index in [1.54, 1.807) is 12.1 Å². The summed E-state index contributed by atoms with van der Waals surface area (Å²) < 4.78 is 0.616. The minimum atomic E-state index is 0.0257. The lowest BCUT2D eigenvalue weighted by Gasteiger charge is -2.32. The second-order valence-electron chi connectivity index (χ2n) is 5.19. The Morgan fingerprint density at radius 1 is 1.42 bits per heavy atom. The Balaban J connectivity index is 1.99. The van der Waals surface area contributed by atoms with Gasteiger partial charge in [-0.1, -0.05) is 19.8 Å². The Kier molecular flexibility index (Phi) is 4.86. The van der Waals surface area contributed by atoms with Crippen LogP contribution in [0.25, 0.3) is 0 Å². The molecule has 1 saturated heterocycles. The summed E-state index contributed by atoms with van der Waals surface area (Å²) in [6, 6.07) is 5.00. The van der Waals surface area contributed by atoms with Crippen LogP contribution in [0.4, 0.5) is 0 Å².